The van der Waals surface area contributed by atoms with E-state index in [4.69, 9.17) is 11.6 Å². The molecule has 0 atom stereocenters. The Morgan fingerprint density at radius 2 is 1.77 bits per heavy atom. The molecule has 1 heterocycles. The first kappa shape index (κ1) is 18.2. The Morgan fingerprint density at radius 1 is 1.08 bits per heavy atom. The second-order valence-electron chi connectivity index (χ2n) is 5.83. The van der Waals surface area contributed by atoms with Crippen LogP contribution in [0.5, 0.6) is 0 Å². The van der Waals surface area contributed by atoms with E-state index >= 15 is 0 Å². The molecule has 0 unspecified atom stereocenters. The quantitative estimate of drug-likeness (QED) is 0.710. The number of halogens is 1. The zero-order chi connectivity index (χ0) is 18.9. The molecule has 6 nitrogen and oxygen atoms in total. The predicted octanol–water partition coefficient (Wildman–Crippen LogP) is 3.82. The standard InChI is InChI=1S/C18H16ClN3O3S/c1-11-14(10-12-9-13(19)7-8-15(12)20-11)18(23)21-16-5-3-4-6-17(16)22-26(2,24)25/h3-10,22H,1-2H3,(H,21,23). The second kappa shape index (κ2) is 6.93. The van der Waals surface area contributed by atoms with Crippen LogP contribution in [-0.4, -0.2) is 25.6 Å². The lowest BCUT2D eigenvalue weighted by Gasteiger charge is -2.13. The van der Waals surface area contributed by atoms with Crippen molar-refractivity contribution in [1.82, 2.24) is 4.98 Å². The summed E-state index contributed by atoms with van der Waals surface area (Å²) in [6.45, 7) is 1.74. The van der Waals surface area contributed by atoms with Gasteiger partial charge in [-0.15, -0.1) is 0 Å². The molecule has 3 aromatic rings. The van der Waals surface area contributed by atoms with E-state index in [2.05, 4.69) is 15.0 Å². The van der Waals surface area contributed by atoms with E-state index in [1.807, 2.05) is 0 Å². The minimum absolute atomic E-state index is 0.290. The number of benzene rings is 2. The molecule has 3 rings (SSSR count). The van der Waals surface area contributed by atoms with Gasteiger partial charge in [-0.2, -0.15) is 0 Å². The first-order chi connectivity index (χ1) is 12.2. The molecule has 0 aliphatic rings. The van der Waals surface area contributed by atoms with Gasteiger partial charge in [-0.3, -0.25) is 14.5 Å². The molecular formula is C18H16ClN3O3S. The van der Waals surface area contributed by atoms with Crippen molar-refractivity contribution in [2.24, 2.45) is 0 Å². The number of fused-ring (bicyclic) bond motifs is 1. The maximum absolute atomic E-state index is 12.7. The molecule has 26 heavy (non-hydrogen) atoms. The molecule has 0 aliphatic heterocycles. The van der Waals surface area contributed by atoms with Gasteiger partial charge in [0.1, 0.15) is 0 Å². The van der Waals surface area contributed by atoms with Crippen LogP contribution in [0.3, 0.4) is 0 Å². The highest BCUT2D eigenvalue weighted by Crippen LogP contribution is 2.25. The van der Waals surface area contributed by atoms with Gasteiger partial charge < -0.3 is 5.32 Å². The van der Waals surface area contributed by atoms with Crippen LogP contribution in [0.25, 0.3) is 10.9 Å². The van der Waals surface area contributed by atoms with Gasteiger partial charge in [0.15, 0.2) is 0 Å². The average molecular weight is 390 g/mol. The average Bonchev–Trinajstić information content (AvgIpc) is 2.55. The number of hydrogen-bond donors (Lipinski definition) is 2. The zero-order valence-corrected chi connectivity index (χ0v) is 15.6. The van der Waals surface area contributed by atoms with E-state index < -0.39 is 10.0 Å². The molecule has 0 aliphatic carbocycles. The number of carbonyl (C=O) groups excluding carboxylic acids is 1. The Bertz CT molecular complexity index is 1110. The number of rotatable bonds is 4. The van der Waals surface area contributed by atoms with Gasteiger partial charge in [-0.05, 0) is 43.3 Å². The third-order valence-electron chi connectivity index (χ3n) is 3.68. The van der Waals surface area contributed by atoms with Crippen LogP contribution in [0.1, 0.15) is 16.1 Å². The van der Waals surface area contributed by atoms with Gasteiger partial charge in [0.2, 0.25) is 10.0 Å². The molecule has 0 bridgehead atoms. The van der Waals surface area contributed by atoms with Gasteiger partial charge >= 0.3 is 0 Å². The van der Waals surface area contributed by atoms with E-state index in [9.17, 15) is 13.2 Å². The number of aryl methyl sites for hydroxylation is 1. The van der Waals surface area contributed by atoms with Crippen LogP contribution in [0.2, 0.25) is 5.02 Å². The molecule has 0 saturated carbocycles. The molecule has 0 saturated heterocycles. The molecule has 1 amide bonds. The Morgan fingerprint density at radius 3 is 2.46 bits per heavy atom. The highest BCUT2D eigenvalue weighted by molar-refractivity contribution is 7.92. The Kier molecular flexibility index (Phi) is 4.84. The lowest BCUT2D eigenvalue weighted by molar-refractivity contribution is 0.102. The molecule has 0 radical (unpaired) electrons. The van der Waals surface area contributed by atoms with Crippen molar-refractivity contribution in [3.8, 4) is 0 Å². The van der Waals surface area contributed by atoms with E-state index in [1.165, 1.54) is 0 Å². The first-order valence-electron chi connectivity index (χ1n) is 7.68. The van der Waals surface area contributed by atoms with Crippen molar-refractivity contribution < 1.29 is 13.2 Å². The minimum atomic E-state index is -3.47. The summed E-state index contributed by atoms with van der Waals surface area (Å²) in [6, 6.07) is 13.5. The highest BCUT2D eigenvalue weighted by Gasteiger charge is 2.15. The molecule has 134 valence electrons. The summed E-state index contributed by atoms with van der Waals surface area (Å²) in [7, 11) is -3.47. The summed E-state index contributed by atoms with van der Waals surface area (Å²) in [4.78, 5) is 17.2. The van der Waals surface area contributed by atoms with Crippen molar-refractivity contribution in [3.05, 3.63) is 64.8 Å². The topological polar surface area (TPSA) is 88.2 Å². The van der Waals surface area contributed by atoms with Crippen LogP contribution < -0.4 is 10.0 Å². The van der Waals surface area contributed by atoms with Crippen LogP contribution in [0.15, 0.2) is 48.5 Å². The van der Waals surface area contributed by atoms with Crippen LogP contribution in [-0.2, 0) is 10.0 Å². The number of aromatic nitrogens is 1. The van der Waals surface area contributed by atoms with E-state index in [0.29, 0.717) is 22.0 Å². The number of pyridine rings is 1. The summed E-state index contributed by atoms with van der Waals surface area (Å²) in [6.07, 6.45) is 1.05. The molecule has 8 heteroatoms. The van der Waals surface area contributed by atoms with Gasteiger partial charge in [0.25, 0.3) is 5.91 Å². The van der Waals surface area contributed by atoms with Gasteiger partial charge in [-0.1, -0.05) is 23.7 Å². The van der Waals surface area contributed by atoms with Crippen LogP contribution >= 0.6 is 11.6 Å². The summed E-state index contributed by atoms with van der Waals surface area (Å²) in [5.74, 6) is -0.389. The highest BCUT2D eigenvalue weighted by atomic mass is 35.5. The smallest absolute Gasteiger partial charge is 0.257 e. The fourth-order valence-corrected chi connectivity index (χ4v) is 3.30. The molecule has 0 fully saturated rings. The zero-order valence-electron chi connectivity index (χ0n) is 14.1. The minimum Gasteiger partial charge on any atom is -0.320 e. The van der Waals surface area contributed by atoms with E-state index in [-0.39, 0.29) is 11.6 Å². The van der Waals surface area contributed by atoms with E-state index in [0.717, 1.165) is 17.2 Å². The molecule has 2 N–H and O–H groups in total. The van der Waals surface area contributed by atoms with Crippen LogP contribution in [0.4, 0.5) is 11.4 Å². The largest absolute Gasteiger partial charge is 0.320 e. The lowest BCUT2D eigenvalue weighted by Crippen LogP contribution is -2.17. The molecule has 0 spiro atoms. The second-order valence-corrected chi connectivity index (χ2v) is 8.02. The number of anilines is 2. The van der Waals surface area contributed by atoms with Crippen molar-refractivity contribution in [1.29, 1.82) is 0 Å². The number of sulfonamides is 1. The van der Waals surface area contributed by atoms with Gasteiger partial charge in [-0.25, -0.2) is 8.42 Å². The summed E-state index contributed by atoms with van der Waals surface area (Å²) < 4.78 is 25.4. The summed E-state index contributed by atoms with van der Waals surface area (Å²) >= 11 is 6.01. The Hall–Kier alpha value is -2.64. The number of amides is 1. The maximum atomic E-state index is 12.7. The molecular weight excluding hydrogens is 374 g/mol. The number of nitrogens with one attached hydrogen (secondary N) is 2. The Labute approximate surface area is 156 Å². The van der Waals surface area contributed by atoms with Gasteiger partial charge in [0.05, 0.1) is 34.4 Å². The summed E-state index contributed by atoms with van der Waals surface area (Å²) in [5, 5.41) is 4.03. The fourth-order valence-electron chi connectivity index (χ4n) is 2.54. The third kappa shape index (κ3) is 4.12. The summed E-state index contributed by atoms with van der Waals surface area (Å²) in [5.41, 5.74) is 2.33. The monoisotopic (exact) mass is 389 g/mol. The SMILES string of the molecule is Cc1nc2ccc(Cl)cc2cc1C(=O)Nc1ccccc1NS(C)(=O)=O. The predicted molar refractivity (Wildman–Crippen MR) is 104 cm³/mol. The van der Waals surface area contributed by atoms with Crippen LogP contribution in [0, 0.1) is 6.92 Å². The van der Waals surface area contributed by atoms with Crippen molar-refractivity contribution in [3.63, 3.8) is 0 Å². The lowest BCUT2D eigenvalue weighted by atomic mass is 10.1. The molecule has 2 aromatic carbocycles. The Balaban J connectivity index is 1.96. The van der Waals surface area contributed by atoms with Gasteiger partial charge in [0, 0.05) is 10.4 Å². The number of carbonyl (C=O) groups is 1. The van der Waals surface area contributed by atoms with E-state index in [1.54, 1.807) is 55.5 Å². The van der Waals surface area contributed by atoms with Crippen molar-refractivity contribution in [2.75, 3.05) is 16.3 Å². The maximum Gasteiger partial charge on any atom is 0.257 e. The number of para-hydroxylation sites is 2. The van der Waals surface area contributed by atoms with Crippen molar-refractivity contribution >= 4 is 49.8 Å². The van der Waals surface area contributed by atoms with Crippen molar-refractivity contribution in [2.45, 2.75) is 6.92 Å². The molecule has 1 aromatic heterocycles. The number of hydrogen-bond acceptors (Lipinski definition) is 4. The number of nitrogens with zero attached hydrogens (tertiary/aromatic N) is 1. The fraction of sp³-hybridized carbons (Fsp3) is 0.111. The normalized spacial score (nSPS) is 11.3. The third-order valence-corrected chi connectivity index (χ3v) is 4.51. The first-order valence-corrected chi connectivity index (χ1v) is 9.95.